The minimum atomic E-state index is -1.07. The lowest BCUT2D eigenvalue weighted by Crippen LogP contribution is -2.40. The Kier molecular flexibility index (Phi) is 3.84. The second kappa shape index (κ2) is 5.56. The Balaban J connectivity index is 2.31. The van der Waals surface area contributed by atoms with Crippen molar-refractivity contribution in [3.63, 3.8) is 0 Å². The molecule has 1 atom stereocenters. The van der Waals surface area contributed by atoms with Crippen molar-refractivity contribution in [2.24, 2.45) is 0 Å². The zero-order valence-corrected chi connectivity index (χ0v) is 11.0. The third-order valence-corrected chi connectivity index (χ3v) is 3.00. The van der Waals surface area contributed by atoms with Gasteiger partial charge < -0.3 is 16.2 Å². The summed E-state index contributed by atoms with van der Waals surface area (Å²) in [4.78, 5) is 27.1. The second-order valence-electron chi connectivity index (χ2n) is 4.39. The van der Waals surface area contributed by atoms with Crippen molar-refractivity contribution in [1.29, 1.82) is 0 Å². The molecule has 6 nitrogen and oxygen atoms in total. The summed E-state index contributed by atoms with van der Waals surface area (Å²) in [7, 11) is 0. The number of carbonyl (C=O) groups excluding carboxylic acids is 1. The molecular weight excluding hydrogens is 258 g/mol. The second-order valence-corrected chi connectivity index (χ2v) is 4.39. The monoisotopic (exact) mass is 273 g/mol. The highest BCUT2D eigenvalue weighted by Crippen LogP contribution is 2.18. The van der Waals surface area contributed by atoms with E-state index in [0.29, 0.717) is 17.6 Å². The van der Waals surface area contributed by atoms with Crippen molar-refractivity contribution >= 4 is 28.5 Å². The van der Waals surface area contributed by atoms with Gasteiger partial charge in [0.05, 0.1) is 11.2 Å². The first-order valence-corrected chi connectivity index (χ1v) is 6.22. The van der Waals surface area contributed by atoms with E-state index in [0.717, 1.165) is 5.39 Å². The molecule has 1 amide bonds. The van der Waals surface area contributed by atoms with E-state index in [1.54, 1.807) is 31.2 Å². The van der Waals surface area contributed by atoms with Crippen LogP contribution in [0.15, 0.2) is 30.3 Å². The summed E-state index contributed by atoms with van der Waals surface area (Å²) in [6, 6.07) is 7.70. The molecule has 0 radical (unpaired) electrons. The van der Waals surface area contributed by atoms with Crippen LogP contribution in [0.4, 0.5) is 5.69 Å². The minimum absolute atomic E-state index is 0.148. The predicted octanol–water partition coefficient (Wildman–Crippen LogP) is 1.41. The van der Waals surface area contributed by atoms with Gasteiger partial charge in [-0.2, -0.15) is 0 Å². The lowest BCUT2D eigenvalue weighted by molar-refractivity contribution is -0.139. The Morgan fingerprint density at radius 1 is 1.35 bits per heavy atom. The van der Waals surface area contributed by atoms with Gasteiger partial charge in [-0.05, 0) is 18.6 Å². The zero-order valence-electron chi connectivity index (χ0n) is 11.0. The molecule has 1 aromatic heterocycles. The van der Waals surface area contributed by atoms with Crippen molar-refractivity contribution in [2.75, 3.05) is 5.73 Å². The van der Waals surface area contributed by atoms with E-state index in [1.165, 1.54) is 0 Å². The first-order valence-electron chi connectivity index (χ1n) is 6.22. The van der Waals surface area contributed by atoms with Gasteiger partial charge in [0.2, 0.25) is 0 Å². The van der Waals surface area contributed by atoms with Crippen LogP contribution in [0.25, 0.3) is 10.9 Å². The van der Waals surface area contributed by atoms with E-state index in [2.05, 4.69) is 10.3 Å². The molecule has 1 heterocycles. The number of benzene rings is 1. The predicted molar refractivity (Wildman–Crippen MR) is 75.3 cm³/mol. The number of aliphatic carboxylic acids is 1. The van der Waals surface area contributed by atoms with E-state index < -0.39 is 17.9 Å². The maximum atomic E-state index is 12.0. The van der Waals surface area contributed by atoms with Crippen LogP contribution in [0.2, 0.25) is 0 Å². The minimum Gasteiger partial charge on any atom is -0.480 e. The van der Waals surface area contributed by atoms with Crippen LogP contribution in [0.1, 0.15) is 23.8 Å². The Morgan fingerprint density at radius 2 is 2.10 bits per heavy atom. The molecule has 0 fully saturated rings. The largest absolute Gasteiger partial charge is 0.480 e. The number of anilines is 1. The molecule has 0 saturated carbocycles. The molecule has 6 heteroatoms. The molecule has 0 bridgehead atoms. The summed E-state index contributed by atoms with van der Waals surface area (Å²) < 4.78 is 0. The fraction of sp³-hybridized carbons (Fsp3) is 0.214. The highest BCUT2D eigenvalue weighted by atomic mass is 16.4. The van der Waals surface area contributed by atoms with Crippen LogP contribution in [0.5, 0.6) is 0 Å². The molecule has 0 aliphatic rings. The number of carboxylic acid groups (broad SMARTS) is 1. The third-order valence-electron chi connectivity index (χ3n) is 3.00. The number of hydrogen-bond acceptors (Lipinski definition) is 4. The summed E-state index contributed by atoms with van der Waals surface area (Å²) in [6.07, 6.45) is 0.302. The quantitative estimate of drug-likeness (QED) is 0.730. The van der Waals surface area contributed by atoms with Crippen LogP contribution in [-0.4, -0.2) is 28.0 Å². The topological polar surface area (TPSA) is 105 Å². The number of amides is 1. The SMILES string of the molecule is CCC(NC(=O)c1ccc2cccc(N)c2n1)C(=O)O. The Morgan fingerprint density at radius 3 is 2.75 bits per heavy atom. The molecule has 0 aliphatic heterocycles. The fourth-order valence-electron chi connectivity index (χ4n) is 1.87. The summed E-state index contributed by atoms with van der Waals surface area (Å²) in [5.74, 6) is -1.59. The fourth-order valence-corrected chi connectivity index (χ4v) is 1.87. The Labute approximate surface area is 115 Å². The lowest BCUT2D eigenvalue weighted by Gasteiger charge is -2.12. The molecule has 20 heavy (non-hydrogen) atoms. The highest BCUT2D eigenvalue weighted by Gasteiger charge is 2.19. The zero-order chi connectivity index (χ0) is 14.7. The Bertz CT molecular complexity index is 670. The number of aromatic nitrogens is 1. The summed E-state index contributed by atoms with van der Waals surface area (Å²) in [5.41, 5.74) is 6.97. The number of fused-ring (bicyclic) bond motifs is 1. The van der Waals surface area contributed by atoms with Gasteiger partial charge in [-0.1, -0.05) is 25.1 Å². The maximum Gasteiger partial charge on any atom is 0.326 e. The van der Waals surface area contributed by atoms with Crippen LogP contribution < -0.4 is 11.1 Å². The number of para-hydroxylation sites is 1. The van der Waals surface area contributed by atoms with Gasteiger partial charge in [-0.25, -0.2) is 9.78 Å². The molecule has 104 valence electrons. The Hall–Kier alpha value is -2.63. The first-order chi connectivity index (χ1) is 9.52. The number of carbonyl (C=O) groups is 2. The van der Waals surface area contributed by atoms with Gasteiger partial charge in [-0.15, -0.1) is 0 Å². The van der Waals surface area contributed by atoms with E-state index in [4.69, 9.17) is 10.8 Å². The van der Waals surface area contributed by atoms with E-state index in [1.807, 2.05) is 6.07 Å². The van der Waals surface area contributed by atoms with Crippen molar-refractivity contribution in [3.05, 3.63) is 36.0 Å². The van der Waals surface area contributed by atoms with Crippen molar-refractivity contribution in [2.45, 2.75) is 19.4 Å². The van der Waals surface area contributed by atoms with Gasteiger partial charge in [-0.3, -0.25) is 4.79 Å². The van der Waals surface area contributed by atoms with Crippen molar-refractivity contribution in [1.82, 2.24) is 10.3 Å². The molecular formula is C14H15N3O3. The number of nitrogens with zero attached hydrogens (tertiary/aromatic N) is 1. The molecule has 0 spiro atoms. The summed E-state index contributed by atoms with van der Waals surface area (Å²) >= 11 is 0. The third kappa shape index (κ3) is 2.69. The molecule has 2 aromatic rings. The number of nitrogens with one attached hydrogen (secondary N) is 1. The van der Waals surface area contributed by atoms with Crippen molar-refractivity contribution in [3.8, 4) is 0 Å². The van der Waals surface area contributed by atoms with Gasteiger partial charge >= 0.3 is 5.97 Å². The smallest absolute Gasteiger partial charge is 0.326 e. The molecule has 0 saturated heterocycles. The standard InChI is InChI=1S/C14H15N3O3/c1-2-10(14(19)20)17-13(18)11-7-6-8-4-3-5-9(15)12(8)16-11/h3-7,10H,2,15H2,1H3,(H,17,18)(H,19,20). The number of nitrogens with two attached hydrogens (primary N) is 1. The number of carboxylic acids is 1. The van der Waals surface area contributed by atoms with Crippen molar-refractivity contribution < 1.29 is 14.7 Å². The van der Waals surface area contributed by atoms with Gasteiger partial charge in [0.15, 0.2) is 0 Å². The number of pyridine rings is 1. The number of nitrogen functional groups attached to an aromatic ring is 1. The summed E-state index contributed by atoms with van der Waals surface area (Å²) in [5, 5.41) is 12.2. The number of rotatable bonds is 4. The van der Waals surface area contributed by atoms with Crippen LogP contribution in [0, 0.1) is 0 Å². The molecule has 4 N–H and O–H groups in total. The number of hydrogen-bond donors (Lipinski definition) is 3. The molecule has 2 rings (SSSR count). The van der Waals surface area contributed by atoms with E-state index >= 15 is 0 Å². The highest BCUT2D eigenvalue weighted by molar-refractivity contribution is 5.98. The lowest BCUT2D eigenvalue weighted by atomic mass is 10.1. The summed E-state index contributed by atoms with van der Waals surface area (Å²) in [6.45, 7) is 1.69. The first kappa shape index (κ1) is 13.8. The average Bonchev–Trinajstić information content (AvgIpc) is 2.44. The van der Waals surface area contributed by atoms with Crippen LogP contribution in [0.3, 0.4) is 0 Å². The maximum absolute atomic E-state index is 12.0. The van der Waals surface area contributed by atoms with Crippen LogP contribution >= 0.6 is 0 Å². The van der Waals surface area contributed by atoms with Gasteiger partial charge in [0.25, 0.3) is 5.91 Å². The normalized spacial score (nSPS) is 12.1. The molecule has 0 aliphatic carbocycles. The van der Waals surface area contributed by atoms with Gasteiger partial charge in [0.1, 0.15) is 11.7 Å². The van der Waals surface area contributed by atoms with Gasteiger partial charge in [0, 0.05) is 5.39 Å². The molecule has 1 aromatic carbocycles. The average molecular weight is 273 g/mol. The van der Waals surface area contributed by atoms with Crippen LogP contribution in [-0.2, 0) is 4.79 Å². The van der Waals surface area contributed by atoms with E-state index in [-0.39, 0.29) is 5.69 Å². The molecule has 1 unspecified atom stereocenters. The van der Waals surface area contributed by atoms with E-state index in [9.17, 15) is 9.59 Å².